The van der Waals surface area contributed by atoms with Crippen molar-refractivity contribution >= 4 is 22.6 Å². The molecular formula is C30H34N4O3. The number of benzene rings is 3. The molecule has 37 heavy (non-hydrogen) atoms. The van der Waals surface area contributed by atoms with E-state index < -0.39 is 6.04 Å². The maximum absolute atomic E-state index is 13.8. The van der Waals surface area contributed by atoms with E-state index in [9.17, 15) is 9.59 Å². The minimum absolute atomic E-state index is 0.162. The monoisotopic (exact) mass is 498 g/mol. The maximum atomic E-state index is 13.8. The van der Waals surface area contributed by atoms with Gasteiger partial charge in [-0.05, 0) is 62.6 Å². The summed E-state index contributed by atoms with van der Waals surface area (Å²) >= 11 is 0. The number of carbonyl (C=O) groups is 1. The second-order valence-electron chi connectivity index (χ2n) is 9.65. The van der Waals surface area contributed by atoms with Gasteiger partial charge in [-0.3, -0.25) is 9.36 Å². The van der Waals surface area contributed by atoms with Gasteiger partial charge in [-0.25, -0.2) is 9.78 Å². The molecule has 0 fully saturated rings. The van der Waals surface area contributed by atoms with Crippen molar-refractivity contribution in [3.63, 3.8) is 0 Å². The molecule has 7 heteroatoms. The Labute approximate surface area is 217 Å². The highest BCUT2D eigenvalue weighted by atomic mass is 16.5. The zero-order valence-electron chi connectivity index (χ0n) is 22.1. The van der Waals surface area contributed by atoms with Crippen LogP contribution in [0.5, 0.6) is 5.75 Å². The first-order valence-electron chi connectivity index (χ1n) is 12.6. The minimum Gasteiger partial charge on any atom is -0.495 e. The number of para-hydroxylation sites is 3. The fourth-order valence-electron chi connectivity index (χ4n) is 4.32. The molecule has 0 saturated heterocycles. The first-order valence-corrected chi connectivity index (χ1v) is 12.6. The Morgan fingerprint density at radius 2 is 1.68 bits per heavy atom. The molecule has 7 nitrogen and oxygen atoms in total. The van der Waals surface area contributed by atoms with Crippen molar-refractivity contribution in [3.05, 3.63) is 94.5 Å². The molecule has 4 aromatic rings. The van der Waals surface area contributed by atoms with Gasteiger partial charge in [0.1, 0.15) is 11.6 Å². The fraction of sp³-hybridized carbons (Fsp3) is 0.300. The topological polar surface area (TPSA) is 76.5 Å². The van der Waals surface area contributed by atoms with Gasteiger partial charge in [0, 0.05) is 6.54 Å². The van der Waals surface area contributed by atoms with Gasteiger partial charge in [-0.1, -0.05) is 55.8 Å². The van der Waals surface area contributed by atoms with Crippen LogP contribution in [0.25, 0.3) is 16.6 Å². The molecule has 1 unspecified atom stereocenters. The van der Waals surface area contributed by atoms with E-state index in [0.717, 1.165) is 12.0 Å². The number of anilines is 1. The minimum atomic E-state index is -0.493. The maximum Gasteiger partial charge on any atom is 0.322 e. The lowest BCUT2D eigenvalue weighted by Gasteiger charge is -2.31. The van der Waals surface area contributed by atoms with Crippen LogP contribution in [0, 0.1) is 12.8 Å². The van der Waals surface area contributed by atoms with Crippen LogP contribution in [-0.4, -0.2) is 34.1 Å². The SMILES string of the molecule is COc1ccccc1NC(=O)N(CCC(C)C)C(C)c1nc2ccccc2c(=O)n1-c1ccc(C)cc1. The molecule has 3 aromatic carbocycles. The predicted octanol–water partition coefficient (Wildman–Crippen LogP) is 6.34. The van der Waals surface area contributed by atoms with Crippen LogP contribution in [0.1, 0.15) is 44.6 Å². The number of rotatable bonds is 8. The molecule has 1 atom stereocenters. The highest BCUT2D eigenvalue weighted by Crippen LogP contribution is 2.27. The number of methoxy groups -OCH3 is 1. The molecule has 0 aliphatic carbocycles. The van der Waals surface area contributed by atoms with E-state index >= 15 is 0 Å². The number of fused-ring (bicyclic) bond motifs is 1. The van der Waals surface area contributed by atoms with Crippen LogP contribution in [0.4, 0.5) is 10.5 Å². The summed E-state index contributed by atoms with van der Waals surface area (Å²) in [6, 6.07) is 21.6. The van der Waals surface area contributed by atoms with Crippen LogP contribution in [-0.2, 0) is 0 Å². The number of nitrogens with zero attached hydrogens (tertiary/aromatic N) is 3. The average Bonchev–Trinajstić information content (AvgIpc) is 2.89. The van der Waals surface area contributed by atoms with E-state index in [0.29, 0.717) is 46.3 Å². The summed E-state index contributed by atoms with van der Waals surface area (Å²) in [5.74, 6) is 1.47. The number of urea groups is 1. The summed E-state index contributed by atoms with van der Waals surface area (Å²) < 4.78 is 7.06. The van der Waals surface area contributed by atoms with E-state index in [1.165, 1.54) is 0 Å². The van der Waals surface area contributed by atoms with Gasteiger partial charge in [0.05, 0.1) is 35.4 Å². The van der Waals surface area contributed by atoms with E-state index in [1.807, 2.05) is 68.4 Å². The highest BCUT2D eigenvalue weighted by molar-refractivity contribution is 5.91. The standard InChI is InChI=1S/C30H34N4O3/c1-20(2)18-19-33(30(36)32-26-12-8-9-13-27(26)37-5)22(4)28-31-25-11-7-6-10-24(25)29(35)34(28)23-16-14-21(3)15-17-23/h6-17,20,22H,18-19H2,1-5H3,(H,32,36). The molecule has 1 aromatic heterocycles. The zero-order chi connectivity index (χ0) is 26.5. The van der Waals surface area contributed by atoms with Crippen molar-refractivity contribution in [1.29, 1.82) is 0 Å². The number of nitrogens with one attached hydrogen (secondary N) is 1. The number of hydrogen-bond acceptors (Lipinski definition) is 4. The Morgan fingerprint density at radius 1 is 1.00 bits per heavy atom. The van der Waals surface area contributed by atoms with Gasteiger partial charge in [0.15, 0.2) is 0 Å². The van der Waals surface area contributed by atoms with Crippen LogP contribution in [0.2, 0.25) is 0 Å². The molecule has 0 aliphatic rings. The van der Waals surface area contributed by atoms with E-state index in [-0.39, 0.29) is 11.6 Å². The molecule has 0 aliphatic heterocycles. The lowest BCUT2D eigenvalue weighted by molar-refractivity contribution is 0.185. The smallest absolute Gasteiger partial charge is 0.322 e. The van der Waals surface area contributed by atoms with Crippen molar-refractivity contribution < 1.29 is 9.53 Å². The van der Waals surface area contributed by atoms with Gasteiger partial charge in [0.2, 0.25) is 0 Å². The third-order valence-electron chi connectivity index (χ3n) is 6.49. The van der Waals surface area contributed by atoms with Crippen molar-refractivity contribution in [1.82, 2.24) is 14.5 Å². The molecule has 0 spiro atoms. The Hall–Kier alpha value is -4.13. The quantitative estimate of drug-likeness (QED) is 0.307. The lowest BCUT2D eigenvalue weighted by Crippen LogP contribution is -2.40. The first kappa shape index (κ1) is 25.9. The number of amides is 2. The second-order valence-corrected chi connectivity index (χ2v) is 9.65. The van der Waals surface area contributed by atoms with Crippen molar-refractivity contribution in [3.8, 4) is 11.4 Å². The van der Waals surface area contributed by atoms with Gasteiger partial charge in [-0.2, -0.15) is 0 Å². The van der Waals surface area contributed by atoms with Gasteiger partial charge >= 0.3 is 6.03 Å². The van der Waals surface area contributed by atoms with Crippen molar-refractivity contribution in [2.24, 2.45) is 5.92 Å². The Balaban J connectivity index is 1.83. The highest BCUT2D eigenvalue weighted by Gasteiger charge is 2.27. The molecule has 0 bridgehead atoms. The first-order chi connectivity index (χ1) is 17.8. The third-order valence-corrected chi connectivity index (χ3v) is 6.49. The lowest BCUT2D eigenvalue weighted by atomic mass is 10.1. The molecule has 2 amide bonds. The third kappa shape index (κ3) is 5.66. The van der Waals surface area contributed by atoms with Crippen LogP contribution in [0.3, 0.4) is 0 Å². The van der Waals surface area contributed by atoms with E-state index in [1.54, 1.807) is 34.8 Å². The average molecular weight is 499 g/mol. The Bertz CT molecular complexity index is 1440. The summed E-state index contributed by atoms with van der Waals surface area (Å²) in [6.45, 7) is 8.67. The van der Waals surface area contributed by atoms with Crippen LogP contribution < -0.4 is 15.6 Å². The predicted molar refractivity (Wildman–Crippen MR) is 149 cm³/mol. The number of hydrogen-bond donors (Lipinski definition) is 1. The summed E-state index contributed by atoms with van der Waals surface area (Å²) in [6.07, 6.45) is 0.798. The summed E-state index contributed by atoms with van der Waals surface area (Å²) in [5.41, 5.74) is 2.83. The second kappa shape index (κ2) is 11.3. The number of ether oxygens (including phenoxy) is 1. The normalized spacial score (nSPS) is 11.9. The molecule has 1 N–H and O–H groups in total. The molecule has 4 rings (SSSR count). The molecule has 192 valence electrons. The summed E-state index contributed by atoms with van der Waals surface area (Å²) in [5, 5.41) is 3.53. The molecule has 1 heterocycles. The van der Waals surface area contributed by atoms with Crippen LogP contribution in [0.15, 0.2) is 77.6 Å². The van der Waals surface area contributed by atoms with Crippen molar-refractivity contribution in [2.45, 2.75) is 40.2 Å². The number of aromatic nitrogens is 2. The Morgan fingerprint density at radius 3 is 2.38 bits per heavy atom. The number of aryl methyl sites for hydroxylation is 1. The number of carbonyl (C=O) groups excluding carboxylic acids is 1. The Kier molecular flexibility index (Phi) is 7.92. The fourth-order valence-corrected chi connectivity index (χ4v) is 4.32. The molecule has 0 radical (unpaired) electrons. The van der Waals surface area contributed by atoms with Crippen LogP contribution >= 0.6 is 0 Å². The van der Waals surface area contributed by atoms with Gasteiger partial charge in [-0.15, -0.1) is 0 Å². The zero-order valence-corrected chi connectivity index (χ0v) is 22.1. The largest absolute Gasteiger partial charge is 0.495 e. The van der Waals surface area contributed by atoms with E-state index in [2.05, 4.69) is 19.2 Å². The molecule has 0 saturated carbocycles. The molecular weight excluding hydrogens is 464 g/mol. The van der Waals surface area contributed by atoms with Gasteiger partial charge < -0.3 is 15.0 Å². The van der Waals surface area contributed by atoms with Crippen molar-refractivity contribution in [2.75, 3.05) is 19.0 Å². The summed E-state index contributed by atoms with van der Waals surface area (Å²) in [7, 11) is 1.57. The van der Waals surface area contributed by atoms with Gasteiger partial charge in [0.25, 0.3) is 5.56 Å². The summed E-state index contributed by atoms with van der Waals surface area (Å²) in [4.78, 5) is 34.1. The van der Waals surface area contributed by atoms with E-state index in [4.69, 9.17) is 9.72 Å².